The average molecular weight is 231 g/mol. The Kier molecular flexibility index (Phi) is 2.68. The fraction of sp³-hybridized carbons (Fsp3) is 0.500. The van der Waals surface area contributed by atoms with Gasteiger partial charge in [-0.2, -0.15) is 0 Å². The lowest BCUT2D eigenvalue weighted by Crippen LogP contribution is -2.30. The number of nitrogens with two attached hydrogens (primary N) is 1. The molecule has 90 valence electrons. The average Bonchev–Trinajstić information content (AvgIpc) is 2.75. The standard InChI is InChI=1S/C12H17N5/c13-10-5-4-6-11-14-15-12(17(10)11)9-16-7-2-1-3-8-16/h4-6H,1-3,7-9,13H2. The zero-order chi connectivity index (χ0) is 11.7. The van der Waals surface area contributed by atoms with Crippen LogP contribution in [0, 0.1) is 0 Å². The van der Waals surface area contributed by atoms with E-state index in [9.17, 15) is 0 Å². The maximum Gasteiger partial charge on any atom is 0.162 e. The number of nitrogens with zero attached hydrogens (tertiary/aromatic N) is 4. The van der Waals surface area contributed by atoms with Crippen molar-refractivity contribution in [1.82, 2.24) is 19.5 Å². The van der Waals surface area contributed by atoms with E-state index in [-0.39, 0.29) is 0 Å². The highest BCUT2D eigenvalue weighted by Gasteiger charge is 2.14. The molecule has 1 fully saturated rings. The van der Waals surface area contributed by atoms with E-state index in [0.717, 1.165) is 31.1 Å². The smallest absolute Gasteiger partial charge is 0.162 e. The van der Waals surface area contributed by atoms with Crippen molar-refractivity contribution in [3.63, 3.8) is 0 Å². The molecular formula is C12H17N5. The van der Waals surface area contributed by atoms with E-state index < -0.39 is 0 Å². The van der Waals surface area contributed by atoms with Gasteiger partial charge in [-0.3, -0.25) is 9.30 Å². The number of anilines is 1. The van der Waals surface area contributed by atoms with Crippen molar-refractivity contribution in [2.24, 2.45) is 0 Å². The van der Waals surface area contributed by atoms with Gasteiger partial charge in [-0.1, -0.05) is 12.5 Å². The van der Waals surface area contributed by atoms with Gasteiger partial charge in [0.25, 0.3) is 0 Å². The van der Waals surface area contributed by atoms with Crippen LogP contribution in [0.1, 0.15) is 25.1 Å². The molecule has 5 nitrogen and oxygen atoms in total. The molecule has 1 aliphatic heterocycles. The first-order chi connectivity index (χ1) is 8.34. The molecule has 2 aromatic rings. The minimum absolute atomic E-state index is 0.708. The second-order valence-corrected chi connectivity index (χ2v) is 4.60. The largest absolute Gasteiger partial charge is 0.385 e. The number of hydrogen-bond acceptors (Lipinski definition) is 4. The molecule has 3 heterocycles. The normalized spacial score (nSPS) is 17.6. The first-order valence-electron chi connectivity index (χ1n) is 6.15. The van der Waals surface area contributed by atoms with Gasteiger partial charge in [0.1, 0.15) is 5.82 Å². The quantitative estimate of drug-likeness (QED) is 0.846. The van der Waals surface area contributed by atoms with E-state index in [0.29, 0.717) is 5.82 Å². The van der Waals surface area contributed by atoms with Crippen LogP contribution in [0.15, 0.2) is 18.2 Å². The zero-order valence-corrected chi connectivity index (χ0v) is 9.84. The lowest BCUT2D eigenvalue weighted by Gasteiger charge is -2.25. The highest BCUT2D eigenvalue weighted by Crippen LogP contribution is 2.15. The first-order valence-corrected chi connectivity index (χ1v) is 6.15. The maximum absolute atomic E-state index is 5.97. The highest BCUT2D eigenvalue weighted by atomic mass is 15.3. The van der Waals surface area contributed by atoms with E-state index in [2.05, 4.69) is 15.1 Å². The van der Waals surface area contributed by atoms with Crippen molar-refractivity contribution in [3.05, 3.63) is 24.0 Å². The molecule has 3 rings (SSSR count). The third-order valence-electron chi connectivity index (χ3n) is 3.34. The summed E-state index contributed by atoms with van der Waals surface area (Å²) in [4.78, 5) is 2.42. The van der Waals surface area contributed by atoms with Crippen molar-refractivity contribution < 1.29 is 0 Å². The summed E-state index contributed by atoms with van der Waals surface area (Å²) in [7, 11) is 0. The summed E-state index contributed by atoms with van der Waals surface area (Å²) in [5.41, 5.74) is 6.80. The summed E-state index contributed by atoms with van der Waals surface area (Å²) in [6.07, 6.45) is 3.91. The zero-order valence-electron chi connectivity index (χ0n) is 9.84. The van der Waals surface area contributed by atoms with Crippen molar-refractivity contribution in [2.45, 2.75) is 25.8 Å². The molecule has 5 heteroatoms. The summed E-state index contributed by atoms with van der Waals surface area (Å²) in [6.45, 7) is 3.15. The molecule has 0 amide bonds. The lowest BCUT2D eigenvalue weighted by molar-refractivity contribution is 0.215. The third kappa shape index (κ3) is 1.98. The fourth-order valence-corrected chi connectivity index (χ4v) is 2.45. The van der Waals surface area contributed by atoms with Crippen LogP contribution >= 0.6 is 0 Å². The summed E-state index contributed by atoms with van der Waals surface area (Å²) in [5, 5.41) is 8.39. The van der Waals surface area contributed by atoms with Gasteiger partial charge in [0.05, 0.1) is 6.54 Å². The van der Waals surface area contributed by atoms with Crippen LogP contribution in [0.5, 0.6) is 0 Å². The Labute approximate surface area is 100 Å². The lowest BCUT2D eigenvalue weighted by atomic mass is 10.1. The minimum atomic E-state index is 0.708. The Morgan fingerprint density at radius 3 is 2.76 bits per heavy atom. The van der Waals surface area contributed by atoms with E-state index in [1.165, 1.54) is 19.3 Å². The molecule has 0 atom stereocenters. The van der Waals surface area contributed by atoms with E-state index in [1.54, 1.807) is 0 Å². The number of rotatable bonds is 2. The van der Waals surface area contributed by atoms with Gasteiger partial charge in [0.2, 0.25) is 0 Å². The molecule has 2 aromatic heterocycles. The minimum Gasteiger partial charge on any atom is -0.385 e. The van der Waals surface area contributed by atoms with Gasteiger partial charge in [-0.15, -0.1) is 10.2 Å². The van der Waals surface area contributed by atoms with Crippen LogP contribution in [0.25, 0.3) is 5.65 Å². The molecule has 0 unspecified atom stereocenters. The Morgan fingerprint density at radius 2 is 1.94 bits per heavy atom. The summed E-state index contributed by atoms with van der Waals surface area (Å²) in [6, 6.07) is 5.73. The first kappa shape index (κ1) is 10.5. The van der Waals surface area contributed by atoms with Gasteiger partial charge in [0.15, 0.2) is 11.5 Å². The van der Waals surface area contributed by atoms with E-state index in [1.807, 2.05) is 22.6 Å². The van der Waals surface area contributed by atoms with Crippen LogP contribution in [-0.4, -0.2) is 32.6 Å². The SMILES string of the molecule is Nc1cccc2nnc(CN3CCCCC3)n12. The monoisotopic (exact) mass is 231 g/mol. The van der Waals surface area contributed by atoms with Crippen molar-refractivity contribution in [1.29, 1.82) is 0 Å². The fourth-order valence-electron chi connectivity index (χ4n) is 2.45. The van der Waals surface area contributed by atoms with Crippen LogP contribution in [0.3, 0.4) is 0 Å². The molecule has 1 saturated heterocycles. The molecule has 1 aliphatic rings. The van der Waals surface area contributed by atoms with Crippen molar-refractivity contribution in [2.75, 3.05) is 18.8 Å². The number of pyridine rings is 1. The Bertz CT molecular complexity index is 513. The molecular weight excluding hydrogens is 214 g/mol. The highest BCUT2D eigenvalue weighted by molar-refractivity contribution is 5.47. The van der Waals surface area contributed by atoms with Crippen molar-refractivity contribution >= 4 is 11.5 Å². The molecule has 0 aliphatic carbocycles. The molecule has 17 heavy (non-hydrogen) atoms. The van der Waals surface area contributed by atoms with Crippen molar-refractivity contribution in [3.8, 4) is 0 Å². The predicted octanol–water partition coefficient (Wildman–Crippen LogP) is 1.30. The van der Waals surface area contributed by atoms with Gasteiger partial charge >= 0.3 is 0 Å². The predicted molar refractivity (Wildman–Crippen MR) is 66.5 cm³/mol. The summed E-state index contributed by atoms with van der Waals surface area (Å²) < 4.78 is 1.94. The van der Waals surface area contributed by atoms with Crippen LogP contribution in [0.2, 0.25) is 0 Å². The molecule has 2 N–H and O–H groups in total. The number of fused-ring (bicyclic) bond motifs is 1. The maximum atomic E-state index is 5.97. The topological polar surface area (TPSA) is 59.5 Å². The number of hydrogen-bond donors (Lipinski definition) is 1. The van der Waals surface area contributed by atoms with Crippen LogP contribution in [-0.2, 0) is 6.54 Å². The Morgan fingerprint density at radius 1 is 1.12 bits per heavy atom. The van der Waals surface area contributed by atoms with E-state index >= 15 is 0 Å². The van der Waals surface area contributed by atoms with Gasteiger partial charge in [0, 0.05) is 0 Å². The number of nitrogen functional groups attached to an aromatic ring is 1. The van der Waals surface area contributed by atoms with Gasteiger partial charge < -0.3 is 5.73 Å². The second kappa shape index (κ2) is 4.33. The summed E-state index contributed by atoms with van der Waals surface area (Å²) in [5.74, 6) is 1.65. The Hall–Kier alpha value is -1.62. The molecule has 0 bridgehead atoms. The molecule has 0 aromatic carbocycles. The van der Waals surface area contributed by atoms with Crippen LogP contribution in [0.4, 0.5) is 5.82 Å². The van der Waals surface area contributed by atoms with E-state index in [4.69, 9.17) is 5.73 Å². The second-order valence-electron chi connectivity index (χ2n) is 4.60. The summed E-state index contributed by atoms with van der Waals surface area (Å²) >= 11 is 0. The Balaban J connectivity index is 1.89. The molecule has 0 radical (unpaired) electrons. The number of aromatic nitrogens is 3. The number of piperidine rings is 1. The van der Waals surface area contributed by atoms with Gasteiger partial charge in [-0.25, -0.2) is 0 Å². The molecule has 0 saturated carbocycles. The van der Waals surface area contributed by atoms with Crippen LogP contribution < -0.4 is 5.73 Å². The van der Waals surface area contributed by atoms with Gasteiger partial charge in [-0.05, 0) is 38.1 Å². The third-order valence-corrected chi connectivity index (χ3v) is 3.34. The molecule has 0 spiro atoms. The number of likely N-dealkylation sites (tertiary alicyclic amines) is 1.